The summed E-state index contributed by atoms with van der Waals surface area (Å²) in [6.45, 7) is 0. The number of aromatic nitrogens is 2. The van der Waals surface area contributed by atoms with Crippen LogP contribution in [0.2, 0.25) is 0 Å². The highest BCUT2D eigenvalue weighted by Crippen LogP contribution is 2.32. The molecule has 1 aliphatic carbocycles. The quantitative estimate of drug-likeness (QED) is 0.631. The fraction of sp³-hybridized carbons (Fsp3) is 0.571. The molecule has 0 saturated heterocycles. The van der Waals surface area contributed by atoms with E-state index in [0.29, 0.717) is 6.04 Å². The standard InChI is InChI=1S/C7H11N3/c8-7-4-9-5-10(7)6-2-1-3-6/h4-6H,1-3,8H2. The summed E-state index contributed by atoms with van der Waals surface area (Å²) in [7, 11) is 0. The molecule has 10 heavy (non-hydrogen) atoms. The number of anilines is 1. The van der Waals surface area contributed by atoms with Crippen LogP contribution in [0.1, 0.15) is 25.3 Å². The maximum atomic E-state index is 5.65. The zero-order valence-corrected chi connectivity index (χ0v) is 5.83. The normalized spacial score (nSPS) is 18.8. The molecule has 1 fully saturated rings. The van der Waals surface area contributed by atoms with E-state index in [1.54, 1.807) is 6.20 Å². The second-order valence-electron chi connectivity index (χ2n) is 2.81. The predicted octanol–water partition coefficient (Wildman–Crippen LogP) is 1.19. The summed E-state index contributed by atoms with van der Waals surface area (Å²) in [5, 5.41) is 0. The number of nitrogen functional groups attached to an aromatic ring is 1. The summed E-state index contributed by atoms with van der Waals surface area (Å²) in [6, 6.07) is 0.641. The molecule has 1 aromatic rings. The highest BCUT2D eigenvalue weighted by Gasteiger charge is 2.19. The highest BCUT2D eigenvalue weighted by atomic mass is 15.1. The average molecular weight is 137 g/mol. The minimum absolute atomic E-state index is 0.641. The van der Waals surface area contributed by atoms with Crippen molar-refractivity contribution < 1.29 is 0 Å². The van der Waals surface area contributed by atoms with E-state index in [2.05, 4.69) is 9.55 Å². The van der Waals surface area contributed by atoms with Gasteiger partial charge in [0.05, 0.1) is 12.5 Å². The summed E-state index contributed by atoms with van der Waals surface area (Å²) in [5.41, 5.74) is 5.65. The smallest absolute Gasteiger partial charge is 0.123 e. The highest BCUT2D eigenvalue weighted by molar-refractivity contribution is 5.25. The monoisotopic (exact) mass is 137 g/mol. The largest absolute Gasteiger partial charge is 0.384 e. The molecule has 0 spiro atoms. The van der Waals surface area contributed by atoms with Gasteiger partial charge in [0.2, 0.25) is 0 Å². The first kappa shape index (κ1) is 5.77. The predicted molar refractivity (Wildman–Crippen MR) is 39.5 cm³/mol. The van der Waals surface area contributed by atoms with Crippen LogP contribution in [0.15, 0.2) is 12.5 Å². The third kappa shape index (κ3) is 0.701. The molecule has 0 aromatic carbocycles. The number of hydrogen-bond donors (Lipinski definition) is 1. The van der Waals surface area contributed by atoms with Crippen molar-refractivity contribution in [3.63, 3.8) is 0 Å². The van der Waals surface area contributed by atoms with Crippen molar-refractivity contribution in [1.29, 1.82) is 0 Å². The number of rotatable bonds is 1. The van der Waals surface area contributed by atoms with E-state index < -0.39 is 0 Å². The van der Waals surface area contributed by atoms with E-state index in [0.717, 1.165) is 5.82 Å². The second-order valence-corrected chi connectivity index (χ2v) is 2.81. The molecule has 2 N–H and O–H groups in total. The van der Waals surface area contributed by atoms with Gasteiger partial charge in [-0.3, -0.25) is 0 Å². The SMILES string of the molecule is Nc1cncn1C1CCC1. The fourth-order valence-corrected chi connectivity index (χ4v) is 1.28. The number of hydrogen-bond acceptors (Lipinski definition) is 2. The third-order valence-electron chi connectivity index (χ3n) is 2.16. The summed E-state index contributed by atoms with van der Waals surface area (Å²) < 4.78 is 2.06. The molecule has 1 aliphatic rings. The molecule has 0 amide bonds. The van der Waals surface area contributed by atoms with Gasteiger partial charge in [-0.25, -0.2) is 4.98 Å². The van der Waals surface area contributed by atoms with Gasteiger partial charge >= 0.3 is 0 Å². The number of imidazole rings is 1. The van der Waals surface area contributed by atoms with E-state index >= 15 is 0 Å². The number of nitrogens with zero attached hydrogens (tertiary/aromatic N) is 2. The lowest BCUT2D eigenvalue weighted by atomic mass is 9.93. The van der Waals surface area contributed by atoms with Gasteiger partial charge in [-0.15, -0.1) is 0 Å². The molecule has 2 rings (SSSR count). The van der Waals surface area contributed by atoms with Gasteiger partial charge in [-0.2, -0.15) is 0 Å². The molecular formula is C7H11N3. The van der Waals surface area contributed by atoms with Gasteiger partial charge < -0.3 is 10.3 Å². The molecule has 3 heteroatoms. The van der Waals surface area contributed by atoms with Gasteiger partial charge in [-0.1, -0.05) is 0 Å². The number of nitrogens with two attached hydrogens (primary N) is 1. The van der Waals surface area contributed by atoms with Crippen molar-refractivity contribution >= 4 is 5.82 Å². The molecule has 1 heterocycles. The third-order valence-corrected chi connectivity index (χ3v) is 2.16. The lowest BCUT2D eigenvalue weighted by Gasteiger charge is -2.27. The Kier molecular flexibility index (Phi) is 1.16. The Bertz CT molecular complexity index is 225. The lowest BCUT2D eigenvalue weighted by molar-refractivity contribution is 0.316. The average Bonchev–Trinajstić information content (AvgIpc) is 2.12. The molecule has 1 aromatic heterocycles. The molecule has 54 valence electrons. The Balaban J connectivity index is 2.23. The van der Waals surface area contributed by atoms with Gasteiger partial charge in [0.1, 0.15) is 5.82 Å². The summed E-state index contributed by atoms with van der Waals surface area (Å²) in [4.78, 5) is 3.96. The van der Waals surface area contributed by atoms with Gasteiger partial charge in [0.15, 0.2) is 0 Å². The molecule has 0 bridgehead atoms. The van der Waals surface area contributed by atoms with E-state index in [-0.39, 0.29) is 0 Å². The topological polar surface area (TPSA) is 43.8 Å². The van der Waals surface area contributed by atoms with Crippen LogP contribution in [-0.2, 0) is 0 Å². The van der Waals surface area contributed by atoms with Crippen molar-refractivity contribution in [2.24, 2.45) is 0 Å². The van der Waals surface area contributed by atoms with Gasteiger partial charge in [0.25, 0.3) is 0 Å². The van der Waals surface area contributed by atoms with Crippen LogP contribution in [0, 0.1) is 0 Å². The fourth-order valence-electron chi connectivity index (χ4n) is 1.28. The van der Waals surface area contributed by atoms with E-state index in [1.165, 1.54) is 19.3 Å². The maximum absolute atomic E-state index is 5.65. The Hall–Kier alpha value is -0.990. The van der Waals surface area contributed by atoms with Crippen LogP contribution in [0.3, 0.4) is 0 Å². The van der Waals surface area contributed by atoms with Crippen LogP contribution in [0.4, 0.5) is 5.82 Å². The Morgan fingerprint density at radius 2 is 2.40 bits per heavy atom. The summed E-state index contributed by atoms with van der Waals surface area (Å²) >= 11 is 0. The van der Waals surface area contributed by atoms with Crippen LogP contribution in [-0.4, -0.2) is 9.55 Å². The molecule has 1 saturated carbocycles. The zero-order chi connectivity index (χ0) is 6.97. The molecule has 0 radical (unpaired) electrons. The summed E-state index contributed by atoms with van der Waals surface area (Å²) in [5.74, 6) is 0.796. The van der Waals surface area contributed by atoms with Crippen molar-refractivity contribution in [1.82, 2.24) is 9.55 Å². The minimum Gasteiger partial charge on any atom is -0.384 e. The van der Waals surface area contributed by atoms with E-state index in [1.807, 2.05) is 6.33 Å². The summed E-state index contributed by atoms with van der Waals surface area (Å²) in [6.07, 6.45) is 7.39. The Labute approximate surface area is 59.9 Å². The van der Waals surface area contributed by atoms with Crippen LogP contribution in [0.5, 0.6) is 0 Å². The van der Waals surface area contributed by atoms with Crippen molar-refractivity contribution in [2.75, 3.05) is 5.73 Å². The molecule has 0 unspecified atom stereocenters. The second kappa shape index (κ2) is 2.01. The van der Waals surface area contributed by atoms with Crippen LogP contribution in [0.25, 0.3) is 0 Å². The lowest BCUT2D eigenvalue weighted by Crippen LogP contribution is -2.17. The van der Waals surface area contributed by atoms with Gasteiger partial charge in [-0.05, 0) is 19.3 Å². The van der Waals surface area contributed by atoms with E-state index in [9.17, 15) is 0 Å². The van der Waals surface area contributed by atoms with Gasteiger partial charge in [0, 0.05) is 6.04 Å². The van der Waals surface area contributed by atoms with Crippen molar-refractivity contribution in [3.8, 4) is 0 Å². The first-order valence-electron chi connectivity index (χ1n) is 3.65. The first-order chi connectivity index (χ1) is 4.88. The minimum atomic E-state index is 0.641. The Morgan fingerprint density at radius 3 is 2.80 bits per heavy atom. The zero-order valence-electron chi connectivity index (χ0n) is 5.83. The van der Waals surface area contributed by atoms with Crippen molar-refractivity contribution in [2.45, 2.75) is 25.3 Å². The van der Waals surface area contributed by atoms with Crippen molar-refractivity contribution in [3.05, 3.63) is 12.5 Å². The van der Waals surface area contributed by atoms with Crippen LogP contribution >= 0.6 is 0 Å². The molecule has 0 aliphatic heterocycles. The van der Waals surface area contributed by atoms with Crippen LogP contribution < -0.4 is 5.73 Å². The molecule has 0 atom stereocenters. The molecular weight excluding hydrogens is 126 g/mol. The maximum Gasteiger partial charge on any atom is 0.123 e. The van der Waals surface area contributed by atoms with E-state index in [4.69, 9.17) is 5.73 Å². The molecule has 3 nitrogen and oxygen atoms in total. The Morgan fingerprint density at radius 1 is 1.60 bits per heavy atom. The first-order valence-corrected chi connectivity index (χ1v) is 3.65.